The number of aromatic nitrogens is 4. The zero-order valence-electron chi connectivity index (χ0n) is 17.6. The summed E-state index contributed by atoms with van der Waals surface area (Å²) < 4.78 is 30.7. The van der Waals surface area contributed by atoms with Gasteiger partial charge >= 0.3 is 0 Å². The van der Waals surface area contributed by atoms with Gasteiger partial charge in [0.25, 0.3) is 5.92 Å². The van der Waals surface area contributed by atoms with E-state index in [9.17, 15) is 13.9 Å². The maximum absolute atomic E-state index is 12.9. The molecule has 0 bridgehead atoms. The maximum atomic E-state index is 12.9. The fourth-order valence-electron chi connectivity index (χ4n) is 2.85. The third-order valence-corrected chi connectivity index (χ3v) is 4.52. The van der Waals surface area contributed by atoms with E-state index < -0.39 is 12.5 Å². The number of aliphatic hydroxyl groups is 1. The molecular weight excluding hydrogens is 408 g/mol. The Morgan fingerprint density at radius 1 is 1.29 bits per heavy atom. The quantitative estimate of drug-likeness (QED) is 0.623. The molecule has 0 unspecified atom stereocenters. The van der Waals surface area contributed by atoms with E-state index in [-0.39, 0.29) is 35.4 Å². The topological polar surface area (TPSA) is 143 Å². The maximum Gasteiger partial charge on any atom is 0.278 e. The van der Waals surface area contributed by atoms with Crippen molar-refractivity contribution >= 4 is 11.8 Å². The summed E-state index contributed by atoms with van der Waals surface area (Å²) in [4.78, 5) is 15.5. The normalized spacial score (nSPS) is 15.2. The number of hydrogen-bond acceptors (Lipinski definition) is 9. The minimum atomic E-state index is -2.97. The largest absolute Gasteiger partial charge is 0.471 e. The number of nitrogens with two attached hydrogens (primary N) is 1. The Kier molecular flexibility index (Phi) is 8.38. The predicted octanol–water partition coefficient (Wildman–Crippen LogP) is 3.07. The number of alkyl halides is 2. The molecule has 0 atom stereocenters. The van der Waals surface area contributed by atoms with E-state index in [1.807, 2.05) is 13.0 Å². The molecule has 2 aromatic heterocycles. The monoisotopic (exact) mass is 435 g/mol. The van der Waals surface area contributed by atoms with Gasteiger partial charge in [0.2, 0.25) is 11.8 Å². The van der Waals surface area contributed by atoms with Crippen LogP contribution in [0.15, 0.2) is 18.7 Å². The second-order valence-electron chi connectivity index (χ2n) is 7.73. The molecule has 9 nitrogen and oxygen atoms in total. The number of ether oxygens (including phenoxy) is 1. The van der Waals surface area contributed by atoms with Crippen LogP contribution in [-0.2, 0) is 6.54 Å². The Balaban J connectivity index is 0.000000357. The van der Waals surface area contributed by atoms with Crippen LogP contribution in [0.5, 0.6) is 5.88 Å². The van der Waals surface area contributed by atoms with Gasteiger partial charge in [0, 0.05) is 19.7 Å². The van der Waals surface area contributed by atoms with E-state index in [2.05, 4.69) is 25.3 Å². The van der Waals surface area contributed by atoms with Gasteiger partial charge in [-0.2, -0.15) is 10.2 Å². The van der Waals surface area contributed by atoms with Crippen LogP contribution in [0.2, 0.25) is 0 Å². The van der Waals surface area contributed by atoms with Gasteiger partial charge < -0.3 is 20.9 Å². The van der Waals surface area contributed by atoms with Crippen molar-refractivity contribution in [2.45, 2.75) is 64.0 Å². The summed E-state index contributed by atoms with van der Waals surface area (Å²) in [5, 5.41) is 21.0. The third-order valence-electron chi connectivity index (χ3n) is 4.52. The van der Waals surface area contributed by atoms with Crippen molar-refractivity contribution in [3.8, 4) is 11.9 Å². The molecule has 2 heterocycles. The Morgan fingerprint density at radius 3 is 2.55 bits per heavy atom. The molecule has 1 fully saturated rings. The van der Waals surface area contributed by atoms with E-state index >= 15 is 0 Å². The van der Waals surface area contributed by atoms with E-state index in [0.29, 0.717) is 5.56 Å². The van der Waals surface area contributed by atoms with Crippen molar-refractivity contribution in [3.63, 3.8) is 0 Å². The van der Waals surface area contributed by atoms with Crippen molar-refractivity contribution in [2.75, 3.05) is 17.7 Å². The molecule has 3 rings (SSSR count). The van der Waals surface area contributed by atoms with Crippen LogP contribution >= 0.6 is 0 Å². The number of halogens is 2. The molecule has 0 saturated heterocycles. The summed E-state index contributed by atoms with van der Waals surface area (Å²) >= 11 is 0. The van der Waals surface area contributed by atoms with E-state index in [0.717, 1.165) is 19.8 Å². The first kappa shape index (κ1) is 24.1. The molecule has 1 aliphatic carbocycles. The first-order chi connectivity index (χ1) is 14.6. The highest BCUT2D eigenvalue weighted by molar-refractivity contribution is 5.49. The average Bonchev–Trinajstić information content (AvgIpc) is 2.71. The molecule has 1 saturated carbocycles. The zero-order valence-corrected chi connectivity index (χ0v) is 17.6. The van der Waals surface area contributed by atoms with Gasteiger partial charge in [-0.3, -0.25) is 0 Å². The Bertz CT molecular complexity index is 890. The highest BCUT2D eigenvalue weighted by atomic mass is 19.3. The first-order valence-electron chi connectivity index (χ1n) is 9.88. The highest BCUT2D eigenvalue weighted by Gasteiger charge is 2.23. The summed E-state index contributed by atoms with van der Waals surface area (Å²) in [6.45, 7) is 2.03. The standard InChI is InChI=1S/C13H13F2N7O.C7H14O/c1-13(14,15)6-23-11-9(3-18-7-21-11)5-20-12-19-4-8(2-16)10(17)22-12;1-7(8)5-3-2-4-6-7/h3-4,7H,5-6H2,1H3,(H3,17,19,20,22);8H,2-6H2,1H3. The first-order valence-corrected chi connectivity index (χ1v) is 9.88. The molecule has 0 spiro atoms. The molecule has 0 aliphatic heterocycles. The van der Waals surface area contributed by atoms with Crippen LogP contribution in [0.3, 0.4) is 0 Å². The molecular formula is C20H27F2N7O2. The van der Waals surface area contributed by atoms with E-state index in [1.54, 1.807) is 0 Å². The molecule has 11 heteroatoms. The van der Waals surface area contributed by atoms with Crippen LogP contribution in [0.1, 0.15) is 57.1 Å². The summed E-state index contributed by atoms with van der Waals surface area (Å²) in [6.07, 6.45) is 9.66. The molecule has 4 N–H and O–H groups in total. The molecule has 1 aliphatic rings. The molecule has 2 aromatic rings. The van der Waals surface area contributed by atoms with E-state index in [1.165, 1.54) is 38.0 Å². The fourth-order valence-corrected chi connectivity index (χ4v) is 2.85. The Hall–Kier alpha value is -3.13. The molecule has 0 radical (unpaired) electrons. The summed E-state index contributed by atoms with van der Waals surface area (Å²) in [5.74, 6) is -2.72. The van der Waals surface area contributed by atoms with Crippen LogP contribution in [0.4, 0.5) is 20.5 Å². The van der Waals surface area contributed by atoms with Gasteiger partial charge in [-0.05, 0) is 19.8 Å². The average molecular weight is 435 g/mol. The number of rotatable bonds is 6. The van der Waals surface area contributed by atoms with Crippen LogP contribution in [-0.4, -0.2) is 43.2 Å². The van der Waals surface area contributed by atoms with Gasteiger partial charge in [0.15, 0.2) is 6.61 Å². The fraction of sp³-hybridized carbons (Fsp3) is 0.550. The lowest BCUT2D eigenvalue weighted by molar-refractivity contribution is -0.0245. The third kappa shape index (κ3) is 8.64. The smallest absolute Gasteiger partial charge is 0.278 e. The summed E-state index contributed by atoms with van der Waals surface area (Å²) in [7, 11) is 0. The lowest BCUT2D eigenvalue weighted by Gasteiger charge is -2.27. The second kappa shape index (κ2) is 10.8. The zero-order chi connectivity index (χ0) is 22.9. The van der Waals surface area contributed by atoms with Gasteiger partial charge in [-0.1, -0.05) is 19.3 Å². The van der Waals surface area contributed by atoms with Gasteiger partial charge in [0.05, 0.1) is 17.4 Å². The molecule has 0 amide bonds. The molecule has 168 valence electrons. The lowest BCUT2D eigenvalue weighted by atomic mass is 9.87. The second-order valence-corrected chi connectivity index (χ2v) is 7.73. The molecule has 0 aromatic carbocycles. The molecule has 31 heavy (non-hydrogen) atoms. The number of nitrogens with one attached hydrogen (secondary N) is 1. The summed E-state index contributed by atoms with van der Waals surface area (Å²) in [5.41, 5.74) is 5.87. The number of hydrogen-bond donors (Lipinski definition) is 3. The predicted molar refractivity (Wildman–Crippen MR) is 110 cm³/mol. The Labute approximate surface area is 179 Å². The van der Waals surface area contributed by atoms with Crippen molar-refractivity contribution in [1.82, 2.24) is 19.9 Å². The van der Waals surface area contributed by atoms with Crippen molar-refractivity contribution in [2.24, 2.45) is 0 Å². The minimum Gasteiger partial charge on any atom is -0.471 e. The van der Waals surface area contributed by atoms with Crippen molar-refractivity contribution in [3.05, 3.63) is 29.8 Å². The number of nitriles is 1. The highest BCUT2D eigenvalue weighted by Crippen LogP contribution is 2.26. The van der Waals surface area contributed by atoms with Gasteiger partial charge in [-0.25, -0.2) is 23.7 Å². The van der Waals surface area contributed by atoms with Gasteiger partial charge in [0.1, 0.15) is 23.8 Å². The number of anilines is 2. The summed E-state index contributed by atoms with van der Waals surface area (Å²) in [6, 6.07) is 1.85. The van der Waals surface area contributed by atoms with Crippen molar-refractivity contribution in [1.29, 1.82) is 5.26 Å². The number of nitrogen functional groups attached to an aromatic ring is 1. The van der Waals surface area contributed by atoms with Crippen LogP contribution in [0.25, 0.3) is 0 Å². The number of nitrogens with zero attached hydrogens (tertiary/aromatic N) is 5. The minimum absolute atomic E-state index is 0.0376. The van der Waals surface area contributed by atoms with E-state index in [4.69, 9.17) is 15.7 Å². The van der Waals surface area contributed by atoms with Crippen LogP contribution < -0.4 is 15.8 Å². The van der Waals surface area contributed by atoms with Crippen LogP contribution in [0, 0.1) is 11.3 Å². The lowest BCUT2D eigenvalue weighted by Crippen LogP contribution is -2.26. The Morgan fingerprint density at radius 2 is 2.00 bits per heavy atom. The SMILES string of the molecule is CC(F)(F)COc1ncncc1CNc1ncc(C#N)c(N)n1.CC1(O)CCCCC1. The van der Waals surface area contributed by atoms with Gasteiger partial charge in [-0.15, -0.1) is 0 Å². The van der Waals surface area contributed by atoms with Crippen molar-refractivity contribution < 1.29 is 18.6 Å².